The molecular weight excluding hydrogens is 376 g/mol. The Morgan fingerprint density at radius 1 is 1.21 bits per heavy atom. The second kappa shape index (κ2) is 9.01. The van der Waals surface area contributed by atoms with Gasteiger partial charge in [-0.3, -0.25) is 5.32 Å². The van der Waals surface area contributed by atoms with Crippen LogP contribution in [0.25, 0.3) is 0 Å². The van der Waals surface area contributed by atoms with E-state index < -0.39 is 11.7 Å². The Bertz CT molecular complexity index is 850. The van der Waals surface area contributed by atoms with Crippen molar-refractivity contribution in [1.29, 1.82) is 0 Å². The van der Waals surface area contributed by atoms with Crippen molar-refractivity contribution in [1.82, 2.24) is 0 Å². The lowest BCUT2D eigenvalue weighted by Gasteiger charge is -2.32. The van der Waals surface area contributed by atoms with Gasteiger partial charge in [0, 0.05) is 17.8 Å². The fourth-order valence-electron chi connectivity index (χ4n) is 2.77. The fraction of sp³-hybridized carbons (Fsp3) is 0.333. The number of unbranched alkanes of at least 4 members (excludes halogenated alkanes) is 1. The molecule has 148 valence electrons. The van der Waals surface area contributed by atoms with Crippen LogP contribution in [0.2, 0.25) is 0 Å². The first-order chi connectivity index (χ1) is 13.4. The molecule has 0 radical (unpaired) electrons. The largest absolute Gasteiger partial charge is 0.494 e. The molecule has 0 saturated heterocycles. The standard InChI is InChI=1S/C21H24N2O4S/c1-15-6-9-17(10-7-15)28-27-22-12-4-5-13-25-16-8-11-18-19(14-16)23-20(24)26-21(18,2)3/h6-12,14H,4-5,13H2,1-3H3,(H,23,24). The van der Waals surface area contributed by atoms with Gasteiger partial charge in [0.2, 0.25) is 0 Å². The molecule has 0 unspecified atom stereocenters. The molecule has 1 aliphatic rings. The monoisotopic (exact) mass is 400 g/mol. The van der Waals surface area contributed by atoms with Crippen LogP contribution < -0.4 is 10.1 Å². The predicted molar refractivity (Wildman–Crippen MR) is 111 cm³/mol. The number of hydrogen-bond donors (Lipinski definition) is 1. The second-order valence-electron chi connectivity index (χ2n) is 6.98. The van der Waals surface area contributed by atoms with Gasteiger partial charge in [-0.05, 0) is 57.9 Å². The molecule has 1 heterocycles. The molecule has 0 saturated carbocycles. The van der Waals surface area contributed by atoms with Gasteiger partial charge in [-0.25, -0.2) is 4.79 Å². The van der Waals surface area contributed by atoms with Gasteiger partial charge in [-0.15, -0.1) is 0 Å². The number of carbonyl (C=O) groups excluding carboxylic acids is 1. The number of carbonyl (C=O) groups is 1. The Morgan fingerprint density at radius 2 is 2.00 bits per heavy atom. The molecule has 0 aromatic heterocycles. The number of fused-ring (bicyclic) bond motifs is 1. The van der Waals surface area contributed by atoms with Crippen LogP contribution in [-0.2, 0) is 14.6 Å². The maximum Gasteiger partial charge on any atom is 0.412 e. The molecule has 1 amide bonds. The third-order valence-electron chi connectivity index (χ3n) is 4.24. The van der Waals surface area contributed by atoms with E-state index in [4.69, 9.17) is 13.8 Å². The molecule has 2 aromatic rings. The van der Waals surface area contributed by atoms with Crippen molar-refractivity contribution >= 4 is 30.0 Å². The van der Waals surface area contributed by atoms with Gasteiger partial charge < -0.3 is 13.8 Å². The normalized spacial score (nSPS) is 14.9. The van der Waals surface area contributed by atoms with Crippen LogP contribution in [0, 0.1) is 6.92 Å². The number of nitrogens with one attached hydrogen (secondary N) is 1. The van der Waals surface area contributed by atoms with Crippen LogP contribution in [0.3, 0.4) is 0 Å². The Kier molecular flexibility index (Phi) is 6.46. The van der Waals surface area contributed by atoms with Crippen molar-refractivity contribution in [3.8, 4) is 5.75 Å². The molecule has 6 nitrogen and oxygen atoms in total. The zero-order valence-corrected chi connectivity index (χ0v) is 17.0. The third kappa shape index (κ3) is 5.42. The molecule has 0 bridgehead atoms. The molecule has 28 heavy (non-hydrogen) atoms. The van der Waals surface area contributed by atoms with Gasteiger partial charge in [-0.2, -0.15) is 0 Å². The highest BCUT2D eigenvalue weighted by Gasteiger charge is 2.33. The number of hydrogen-bond acceptors (Lipinski definition) is 6. The summed E-state index contributed by atoms with van der Waals surface area (Å²) in [5.41, 5.74) is 2.21. The van der Waals surface area contributed by atoms with Gasteiger partial charge in [0.15, 0.2) is 0 Å². The summed E-state index contributed by atoms with van der Waals surface area (Å²) in [6, 6.07) is 13.7. The summed E-state index contributed by atoms with van der Waals surface area (Å²) < 4.78 is 16.3. The number of benzene rings is 2. The van der Waals surface area contributed by atoms with E-state index in [-0.39, 0.29) is 0 Å². The molecule has 0 aliphatic carbocycles. The molecule has 0 atom stereocenters. The van der Waals surface area contributed by atoms with Crippen LogP contribution in [0.15, 0.2) is 52.5 Å². The minimum atomic E-state index is -0.650. The summed E-state index contributed by atoms with van der Waals surface area (Å²) in [6.07, 6.45) is 2.84. The maximum absolute atomic E-state index is 11.6. The predicted octanol–water partition coefficient (Wildman–Crippen LogP) is 5.66. The third-order valence-corrected chi connectivity index (χ3v) is 4.87. The van der Waals surface area contributed by atoms with Crippen LogP contribution in [0.1, 0.15) is 37.8 Å². The molecule has 0 fully saturated rings. The number of aryl methyl sites for hydroxylation is 1. The van der Waals surface area contributed by atoms with Crippen molar-refractivity contribution in [3.63, 3.8) is 0 Å². The van der Waals surface area contributed by atoms with Crippen LogP contribution in [0.4, 0.5) is 10.5 Å². The van der Waals surface area contributed by atoms with Gasteiger partial charge in [0.1, 0.15) is 23.4 Å². The van der Waals surface area contributed by atoms with Crippen LogP contribution >= 0.6 is 12.0 Å². The molecule has 1 N–H and O–H groups in total. The Balaban J connectivity index is 1.38. The summed E-state index contributed by atoms with van der Waals surface area (Å²) in [4.78, 5) is 12.7. The highest BCUT2D eigenvalue weighted by atomic mass is 32.2. The number of ether oxygens (including phenoxy) is 2. The number of oxime groups is 1. The fourth-order valence-corrected chi connectivity index (χ4v) is 3.21. The average Bonchev–Trinajstić information content (AvgIpc) is 2.64. The first kappa shape index (κ1) is 20.1. The minimum absolute atomic E-state index is 0.450. The van der Waals surface area contributed by atoms with Crippen molar-refractivity contribution in [2.24, 2.45) is 5.16 Å². The average molecular weight is 401 g/mol. The molecule has 3 rings (SSSR count). The SMILES string of the molecule is Cc1ccc(SON=CCCCOc2ccc3c(c2)NC(=O)OC3(C)C)cc1. The van der Waals surface area contributed by atoms with E-state index in [2.05, 4.69) is 10.5 Å². The number of amides is 1. The van der Waals surface area contributed by atoms with E-state index in [1.54, 1.807) is 6.21 Å². The van der Waals surface area contributed by atoms with Gasteiger partial charge >= 0.3 is 6.09 Å². The smallest absolute Gasteiger partial charge is 0.412 e. The highest BCUT2D eigenvalue weighted by Crippen LogP contribution is 2.37. The van der Waals surface area contributed by atoms with Crippen molar-refractivity contribution < 1.29 is 18.6 Å². The summed E-state index contributed by atoms with van der Waals surface area (Å²) in [5.74, 6) is 0.708. The molecule has 7 heteroatoms. The number of anilines is 1. The van der Waals surface area contributed by atoms with Crippen molar-refractivity contribution in [3.05, 3.63) is 53.6 Å². The summed E-state index contributed by atoms with van der Waals surface area (Å²) in [6.45, 7) is 6.32. The molecular formula is C21H24N2O4S. The highest BCUT2D eigenvalue weighted by molar-refractivity contribution is 7.94. The lowest BCUT2D eigenvalue weighted by atomic mass is 9.95. The van der Waals surface area contributed by atoms with E-state index in [1.165, 1.54) is 17.6 Å². The Morgan fingerprint density at radius 3 is 2.79 bits per heavy atom. The minimum Gasteiger partial charge on any atom is -0.494 e. The van der Waals surface area contributed by atoms with Gasteiger partial charge in [-0.1, -0.05) is 22.9 Å². The van der Waals surface area contributed by atoms with Crippen molar-refractivity contribution in [2.75, 3.05) is 11.9 Å². The molecule has 1 aliphatic heterocycles. The number of cyclic esters (lactones) is 1. The van der Waals surface area contributed by atoms with Crippen LogP contribution in [-0.4, -0.2) is 18.9 Å². The summed E-state index contributed by atoms with van der Waals surface area (Å²) in [7, 11) is 0. The lowest BCUT2D eigenvalue weighted by Crippen LogP contribution is -2.34. The Hall–Kier alpha value is -2.67. The molecule has 0 spiro atoms. The first-order valence-corrected chi connectivity index (χ1v) is 9.88. The zero-order valence-electron chi connectivity index (χ0n) is 16.2. The Labute approximate surface area is 169 Å². The summed E-state index contributed by atoms with van der Waals surface area (Å²) >= 11 is 1.23. The van der Waals surface area contributed by atoms with E-state index in [0.717, 1.165) is 29.0 Å². The van der Waals surface area contributed by atoms with E-state index in [1.807, 2.05) is 63.2 Å². The zero-order chi connectivity index (χ0) is 20.0. The topological polar surface area (TPSA) is 69.2 Å². The van der Waals surface area contributed by atoms with Crippen LogP contribution in [0.5, 0.6) is 5.75 Å². The number of rotatable bonds is 8. The van der Waals surface area contributed by atoms with Crippen molar-refractivity contribution in [2.45, 2.75) is 44.1 Å². The lowest BCUT2D eigenvalue weighted by molar-refractivity contribution is 0.0420. The first-order valence-electron chi connectivity index (χ1n) is 9.13. The number of nitrogens with zero attached hydrogens (tertiary/aromatic N) is 1. The van der Waals surface area contributed by atoms with E-state index in [9.17, 15) is 4.79 Å². The quantitative estimate of drug-likeness (QED) is 0.268. The second-order valence-corrected chi connectivity index (χ2v) is 7.77. The molecule has 2 aromatic carbocycles. The van der Waals surface area contributed by atoms with E-state index in [0.29, 0.717) is 12.4 Å². The maximum atomic E-state index is 11.6. The van der Waals surface area contributed by atoms with Gasteiger partial charge in [0.05, 0.1) is 17.2 Å². The summed E-state index contributed by atoms with van der Waals surface area (Å²) in [5, 5.41) is 6.65. The van der Waals surface area contributed by atoms with Gasteiger partial charge in [0.25, 0.3) is 0 Å². The van der Waals surface area contributed by atoms with E-state index >= 15 is 0 Å².